The third-order valence-corrected chi connectivity index (χ3v) is 7.84. The molecule has 0 spiro atoms. The van der Waals surface area contributed by atoms with Crippen molar-refractivity contribution < 1.29 is 14.7 Å². The third kappa shape index (κ3) is 4.46. The molecule has 1 heterocycles. The van der Waals surface area contributed by atoms with Crippen molar-refractivity contribution in [1.82, 2.24) is 4.90 Å². The number of benzene rings is 2. The van der Waals surface area contributed by atoms with Crippen LogP contribution in [0, 0.1) is 26.7 Å². The van der Waals surface area contributed by atoms with Crippen molar-refractivity contribution in [1.29, 1.82) is 0 Å². The normalized spacial score (nSPS) is 18.0. The predicted molar refractivity (Wildman–Crippen MR) is 137 cm³/mol. The van der Waals surface area contributed by atoms with Crippen molar-refractivity contribution in [2.45, 2.75) is 66.3 Å². The number of hydrogen-bond acceptors (Lipinski definition) is 2. The molecule has 0 radical (unpaired) electrons. The molecule has 1 amide bonds. The van der Waals surface area contributed by atoms with E-state index in [1.54, 1.807) is 0 Å². The first-order valence-corrected chi connectivity index (χ1v) is 12.2. The molecule has 1 unspecified atom stereocenters. The van der Waals surface area contributed by atoms with E-state index in [0.29, 0.717) is 13.1 Å². The second-order valence-corrected chi connectivity index (χ2v) is 9.96. The number of aryl methyl sites for hydroxylation is 1. The number of carboxylic acid groups (broad SMARTS) is 1. The highest BCUT2D eigenvalue weighted by molar-refractivity contribution is 5.83. The molecule has 178 valence electrons. The van der Waals surface area contributed by atoms with E-state index in [1.807, 2.05) is 11.0 Å². The molecule has 0 saturated heterocycles. The summed E-state index contributed by atoms with van der Waals surface area (Å²) >= 11 is 0. The summed E-state index contributed by atoms with van der Waals surface area (Å²) in [6.07, 6.45) is 5.31. The van der Waals surface area contributed by atoms with Crippen LogP contribution in [0.15, 0.2) is 48.1 Å². The van der Waals surface area contributed by atoms with Crippen LogP contribution in [-0.4, -0.2) is 28.4 Å². The Morgan fingerprint density at radius 2 is 1.76 bits per heavy atom. The summed E-state index contributed by atoms with van der Waals surface area (Å²) in [5.74, 6) is -0.564. The van der Waals surface area contributed by atoms with E-state index in [1.165, 1.54) is 27.8 Å². The van der Waals surface area contributed by atoms with Gasteiger partial charge < -0.3 is 10.0 Å². The number of fused-ring (bicyclic) bond motifs is 1. The van der Waals surface area contributed by atoms with Crippen molar-refractivity contribution >= 4 is 11.9 Å². The molecule has 2 aliphatic rings. The SMILES string of the molecule is C=CC1=C(C)CCC(C(=O)N2CCc3c(C)c(CC(=O)O)c(-c4ccc(C)cc4)c(C)c3C2)C1. The number of nitrogens with zero attached hydrogens (tertiary/aromatic N) is 1. The lowest BCUT2D eigenvalue weighted by Gasteiger charge is -2.36. The molecule has 0 aromatic heterocycles. The Hall–Kier alpha value is -3.14. The Morgan fingerprint density at radius 3 is 2.41 bits per heavy atom. The van der Waals surface area contributed by atoms with E-state index in [2.05, 4.69) is 58.5 Å². The van der Waals surface area contributed by atoms with Crippen molar-refractivity contribution in [2.75, 3.05) is 6.54 Å². The molecular weight excluding hydrogens is 422 g/mol. The summed E-state index contributed by atoms with van der Waals surface area (Å²) in [4.78, 5) is 27.3. The molecule has 0 bridgehead atoms. The van der Waals surface area contributed by atoms with Crippen molar-refractivity contribution in [3.05, 3.63) is 81.4 Å². The summed E-state index contributed by atoms with van der Waals surface area (Å²) in [7, 11) is 0. The second kappa shape index (κ2) is 9.61. The molecule has 0 fully saturated rings. The lowest BCUT2D eigenvalue weighted by molar-refractivity contribution is -0.137. The van der Waals surface area contributed by atoms with Gasteiger partial charge in [0, 0.05) is 19.0 Å². The third-order valence-electron chi connectivity index (χ3n) is 7.84. The number of aliphatic carboxylic acids is 1. The van der Waals surface area contributed by atoms with E-state index in [4.69, 9.17) is 0 Å². The molecule has 2 aromatic rings. The van der Waals surface area contributed by atoms with Crippen LogP contribution in [-0.2, 0) is 29.0 Å². The molecule has 1 aliphatic carbocycles. The Bertz CT molecular complexity index is 1190. The number of carboxylic acids is 1. The molecule has 0 saturated carbocycles. The smallest absolute Gasteiger partial charge is 0.307 e. The van der Waals surface area contributed by atoms with Crippen molar-refractivity contribution in [2.24, 2.45) is 5.92 Å². The van der Waals surface area contributed by atoms with E-state index >= 15 is 0 Å². The Labute approximate surface area is 203 Å². The standard InChI is InChI=1S/C30H35NO3/c1-6-22-15-24(12-9-19(22)3)30(34)31-14-13-25-20(4)26(16-28(32)33)29(21(5)27(25)17-31)23-10-7-18(2)8-11-23/h6-8,10-11,24H,1,9,12-17H2,2-5H3,(H,32,33). The van der Waals surface area contributed by atoms with E-state index in [9.17, 15) is 14.7 Å². The molecule has 1 aliphatic heterocycles. The zero-order valence-electron chi connectivity index (χ0n) is 20.8. The number of hydrogen-bond donors (Lipinski definition) is 1. The van der Waals surface area contributed by atoms with Gasteiger partial charge in [-0.2, -0.15) is 0 Å². The Kier molecular flexibility index (Phi) is 6.79. The van der Waals surface area contributed by atoms with Gasteiger partial charge in [0.2, 0.25) is 5.91 Å². The molecule has 1 N–H and O–H groups in total. The summed E-state index contributed by atoms with van der Waals surface area (Å²) < 4.78 is 0. The van der Waals surface area contributed by atoms with Crippen LogP contribution in [0.25, 0.3) is 11.1 Å². The molecule has 4 nitrogen and oxygen atoms in total. The van der Waals surface area contributed by atoms with E-state index in [0.717, 1.165) is 53.5 Å². The van der Waals surface area contributed by atoms with Gasteiger partial charge >= 0.3 is 5.97 Å². The average molecular weight is 458 g/mol. The average Bonchev–Trinajstić information content (AvgIpc) is 2.82. The first-order chi connectivity index (χ1) is 16.2. The van der Waals surface area contributed by atoms with Crippen molar-refractivity contribution in [3.63, 3.8) is 0 Å². The highest BCUT2D eigenvalue weighted by atomic mass is 16.4. The molecule has 4 rings (SSSR count). The van der Waals surface area contributed by atoms with Gasteiger partial charge in [0.25, 0.3) is 0 Å². The van der Waals surface area contributed by atoms with Crippen molar-refractivity contribution in [3.8, 4) is 11.1 Å². The summed E-state index contributed by atoms with van der Waals surface area (Å²) in [5.41, 5.74) is 11.3. The largest absolute Gasteiger partial charge is 0.481 e. The minimum absolute atomic E-state index is 0.00387. The number of amides is 1. The van der Waals surface area contributed by atoms with Crippen LogP contribution in [0.3, 0.4) is 0 Å². The zero-order valence-corrected chi connectivity index (χ0v) is 20.8. The summed E-state index contributed by atoms with van der Waals surface area (Å²) in [5, 5.41) is 9.66. The number of carbonyl (C=O) groups excluding carboxylic acids is 1. The lowest BCUT2D eigenvalue weighted by Crippen LogP contribution is -2.41. The maximum Gasteiger partial charge on any atom is 0.307 e. The fourth-order valence-electron chi connectivity index (χ4n) is 5.76. The molecule has 34 heavy (non-hydrogen) atoms. The van der Waals surface area contributed by atoms with Gasteiger partial charge in [0.05, 0.1) is 6.42 Å². The molecule has 4 heteroatoms. The van der Waals surface area contributed by atoms with Crippen LogP contribution in [0.2, 0.25) is 0 Å². The molecule has 1 atom stereocenters. The summed E-state index contributed by atoms with van der Waals surface area (Å²) in [6.45, 7) is 13.6. The highest BCUT2D eigenvalue weighted by Crippen LogP contribution is 2.39. The van der Waals surface area contributed by atoms with Crippen LogP contribution in [0.4, 0.5) is 0 Å². The Balaban J connectivity index is 1.73. The fraction of sp³-hybridized carbons (Fsp3) is 0.400. The monoisotopic (exact) mass is 457 g/mol. The minimum atomic E-state index is -0.818. The lowest BCUT2D eigenvalue weighted by atomic mass is 9.80. The van der Waals surface area contributed by atoms with Gasteiger partial charge in [-0.25, -0.2) is 0 Å². The molecule has 2 aromatic carbocycles. The number of allylic oxidation sites excluding steroid dienone is 3. The van der Waals surface area contributed by atoms with Crippen LogP contribution in [0.5, 0.6) is 0 Å². The molecular formula is C30H35NO3. The summed E-state index contributed by atoms with van der Waals surface area (Å²) in [6, 6.07) is 8.29. The Morgan fingerprint density at radius 1 is 1.06 bits per heavy atom. The van der Waals surface area contributed by atoms with Gasteiger partial charge in [-0.15, -0.1) is 0 Å². The van der Waals surface area contributed by atoms with Crippen LogP contribution >= 0.6 is 0 Å². The van der Waals surface area contributed by atoms with Crippen LogP contribution < -0.4 is 0 Å². The van der Waals surface area contributed by atoms with Crippen LogP contribution in [0.1, 0.15) is 59.6 Å². The topological polar surface area (TPSA) is 57.6 Å². The van der Waals surface area contributed by atoms with E-state index < -0.39 is 5.97 Å². The van der Waals surface area contributed by atoms with E-state index in [-0.39, 0.29) is 18.2 Å². The highest BCUT2D eigenvalue weighted by Gasteiger charge is 2.32. The number of carbonyl (C=O) groups is 2. The predicted octanol–water partition coefficient (Wildman–Crippen LogP) is 6.09. The zero-order chi connectivity index (χ0) is 24.6. The first-order valence-electron chi connectivity index (χ1n) is 12.2. The van der Waals surface area contributed by atoms with Gasteiger partial charge in [0.15, 0.2) is 0 Å². The quantitative estimate of drug-likeness (QED) is 0.591. The van der Waals surface area contributed by atoms with Gasteiger partial charge in [-0.1, -0.05) is 48.1 Å². The maximum atomic E-state index is 13.5. The van der Waals surface area contributed by atoms with Gasteiger partial charge in [-0.3, -0.25) is 9.59 Å². The first kappa shape index (κ1) is 24.0. The van der Waals surface area contributed by atoms with Gasteiger partial charge in [0.1, 0.15) is 0 Å². The second-order valence-electron chi connectivity index (χ2n) is 9.96. The minimum Gasteiger partial charge on any atom is -0.481 e. The fourth-order valence-corrected chi connectivity index (χ4v) is 5.76. The maximum absolute atomic E-state index is 13.5. The van der Waals surface area contributed by atoms with Gasteiger partial charge in [-0.05, 0) is 97.9 Å². The number of rotatable bonds is 5.